The summed E-state index contributed by atoms with van der Waals surface area (Å²) in [5.41, 5.74) is 1.17. The number of rotatable bonds is 6. The van der Waals surface area contributed by atoms with Crippen LogP contribution < -0.4 is 4.90 Å². The number of carbonyl (C=O) groups excluding carboxylic acids is 1. The van der Waals surface area contributed by atoms with Crippen molar-refractivity contribution in [3.05, 3.63) is 64.1 Å². The molecule has 2 aromatic carbocycles. The Bertz CT molecular complexity index is 854. The highest BCUT2D eigenvalue weighted by atomic mass is 35.5. The molecule has 0 heterocycles. The minimum atomic E-state index is -3.70. The van der Waals surface area contributed by atoms with Gasteiger partial charge in [-0.3, -0.25) is 4.79 Å². The highest BCUT2D eigenvalue weighted by Crippen LogP contribution is 2.25. The lowest BCUT2D eigenvalue weighted by atomic mass is 10.2. The normalized spacial score (nSPS) is 12.6. The third-order valence-corrected chi connectivity index (χ3v) is 6.64. The Morgan fingerprint density at radius 2 is 1.72 bits per heavy atom. The summed E-state index contributed by atoms with van der Waals surface area (Å²) >= 11 is 11.8. The summed E-state index contributed by atoms with van der Waals surface area (Å²) in [6.45, 7) is 3.61. The average Bonchev–Trinajstić information content (AvgIpc) is 2.58. The van der Waals surface area contributed by atoms with Gasteiger partial charge in [0.15, 0.2) is 9.84 Å². The zero-order valence-corrected chi connectivity index (χ0v) is 16.3. The van der Waals surface area contributed by atoms with Gasteiger partial charge in [0, 0.05) is 12.2 Å². The summed E-state index contributed by atoms with van der Waals surface area (Å²) in [6.07, 6.45) is 0. The van der Waals surface area contributed by atoms with Crippen molar-refractivity contribution in [2.75, 3.05) is 11.4 Å². The highest BCUT2D eigenvalue weighted by molar-refractivity contribution is 7.92. The molecule has 1 atom stereocenters. The van der Waals surface area contributed by atoms with Crippen LogP contribution in [0.5, 0.6) is 0 Å². The van der Waals surface area contributed by atoms with E-state index in [1.165, 1.54) is 17.9 Å². The van der Waals surface area contributed by atoms with E-state index in [1.807, 2.05) is 13.0 Å². The van der Waals surface area contributed by atoms with Gasteiger partial charge in [-0.1, -0.05) is 47.5 Å². The number of carbonyl (C=O) groups is 1. The molecule has 4 nitrogen and oxygen atoms in total. The fourth-order valence-electron chi connectivity index (χ4n) is 2.43. The average molecular weight is 400 g/mol. The molecule has 0 saturated heterocycles. The number of amides is 1. The number of halogens is 2. The van der Waals surface area contributed by atoms with Crippen LogP contribution in [0, 0.1) is 0 Å². The molecule has 0 bridgehead atoms. The second-order valence-corrected chi connectivity index (χ2v) is 8.75. The number of anilines is 1. The lowest BCUT2D eigenvalue weighted by Gasteiger charge is -2.24. The number of nitrogens with zero attached hydrogens (tertiary/aromatic N) is 1. The zero-order valence-electron chi connectivity index (χ0n) is 13.9. The third-order valence-electron chi connectivity index (χ3n) is 3.89. The van der Waals surface area contributed by atoms with E-state index in [1.54, 1.807) is 36.4 Å². The maximum atomic E-state index is 12.7. The van der Waals surface area contributed by atoms with Crippen LogP contribution in [0.15, 0.2) is 48.5 Å². The molecule has 1 amide bonds. The highest BCUT2D eigenvalue weighted by Gasteiger charge is 2.32. The first kappa shape index (κ1) is 19.8. The molecule has 7 heteroatoms. The number of sulfone groups is 1. The standard InChI is InChI=1S/C18H19Cl2NO3S/c1-3-21(15-7-5-4-6-8-15)18(22)13(2)25(23,24)12-14-9-10-16(19)17(20)11-14/h4-11,13H,3,12H2,1-2H3. The van der Waals surface area contributed by atoms with Crippen molar-refractivity contribution in [3.63, 3.8) is 0 Å². The number of hydrogen-bond donors (Lipinski definition) is 0. The quantitative estimate of drug-likeness (QED) is 0.725. The molecule has 2 aromatic rings. The third kappa shape index (κ3) is 4.75. The van der Waals surface area contributed by atoms with Crippen LogP contribution in [-0.4, -0.2) is 26.1 Å². The van der Waals surface area contributed by atoms with Gasteiger partial charge in [0.2, 0.25) is 5.91 Å². The van der Waals surface area contributed by atoms with E-state index in [2.05, 4.69) is 0 Å². The van der Waals surface area contributed by atoms with Gasteiger partial charge < -0.3 is 4.90 Å². The van der Waals surface area contributed by atoms with Crippen molar-refractivity contribution < 1.29 is 13.2 Å². The topological polar surface area (TPSA) is 54.5 Å². The van der Waals surface area contributed by atoms with Gasteiger partial charge in [-0.2, -0.15) is 0 Å². The van der Waals surface area contributed by atoms with Crippen LogP contribution in [0.25, 0.3) is 0 Å². The smallest absolute Gasteiger partial charge is 0.245 e. The minimum absolute atomic E-state index is 0.275. The van der Waals surface area contributed by atoms with Crippen LogP contribution in [0.1, 0.15) is 19.4 Å². The van der Waals surface area contributed by atoms with Gasteiger partial charge in [0.25, 0.3) is 0 Å². The molecule has 0 radical (unpaired) electrons. The first-order chi connectivity index (χ1) is 11.8. The fraction of sp³-hybridized carbons (Fsp3) is 0.278. The molecule has 0 fully saturated rings. The van der Waals surface area contributed by atoms with Crippen LogP contribution in [0.2, 0.25) is 10.0 Å². The molecular formula is C18H19Cl2NO3S. The summed E-state index contributed by atoms with van der Waals surface area (Å²) in [7, 11) is -3.70. The van der Waals surface area contributed by atoms with Gasteiger partial charge in [-0.25, -0.2) is 8.42 Å². The van der Waals surface area contributed by atoms with E-state index >= 15 is 0 Å². The van der Waals surface area contributed by atoms with Crippen LogP contribution >= 0.6 is 23.2 Å². The van der Waals surface area contributed by atoms with Crippen molar-refractivity contribution >= 4 is 44.6 Å². The monoisotopic (exact) mass is 399 g/mol. The van der Waals surface area contributed by atoms with Crippen LogP contribution in [0.4, 0.5) is 5.69 Å². The first-order valence-electron chi connectivity index (χ1n) is 7.78. The van der Waals surface area contributed by atoms with E-state index in [9.17, 15) is 13.2 Å². The Morgan fingerprint density at radius 3 is 2.28 bits per heavy atom. The van der Waals surface area contributed by atoms with Gasteiger partial charge in [0.1, 0.15) is 5.25 Å². The molecule has 0 aliphatic heterocycles. The number of hydrogen-bond acceptors (Lipinski definition) is 3. The molecule has 0 N–H and O–H groups in total. The summed E-state index contributed by atoms with van der Waals surface area (Å²) in [4.78, 5) is 14.2. The molecule has 25 heavy (non-hydrogen) atoms. The zero-order chi connectivity index (χ0) is 18.6. The van der Waals surface area contributed by atoms with Crippen molar-refractivity contribution in [1.82, 2.24) is 0 Å². The Labute approximate surface area is 158 Å². The van der Waals surface area contributed by atoms with Gasteiger partial charge in [-0.15, -0.1) is 0 Å². The Kier molecular flexibility index (Phi) is 6.49. The van der Waals surface area contributed by atoms with Crippen LogP contribution in [-0.2, 0) is 20.4 Å². The van der Waals surface area contributed by atoms with Gasteiger partial charge in [-0.05, 0) is 43.7 Å². The van der Waals surface area contributed by atoms with E-state index < -0.39 is 21.0 Å². The van der Waals surface area contributed by atoms with E-state index in [-0.39, 0.29) is 10.8 Å². The SMILES string of the molecule is CCN(C(=O)C(C)S(=O)(=O)Cc1ccc(Cl)c(Cl)c1)c1ccccc1. The van der Waals surface area contributed by atoms with E-state index in [0.29, 0.717) is 22.8 Å². The second-order valence-electron chi connectivity index (χ2n) is 5.62. The molecule has 0 aliphatic rings. The minimum Gasteiger partial charge on any atom is -0.312 e. The maximum absolute atomic E-state index is 12.7. The largest absolute Gasteiger partial charge is 0.312 e. The van der Waals surface area contributed by atoms with E-state index in [4.69, 9.17) is 23.2 Å². The first-order valence-corrected chi connectivity index (χ1v) is 10.2. The summed E-state index contributed by atoms with van der Waals surface area (Å²) in [6, 6.07) is 13.7. The molecular weight excluding hydrogens is 381 g/mol. The molecule has 1 unspecified atom stereocenters. The van der Waals surface area contributed by atoms with Crippen molar-refractivity contribution in [2.45, 2.75) is 24.9 Å². The number of benzene rings is 2. The molecule has 0 spiro atoms. The Balaban J connectivity index is 2.22. The number of para-hydroxylation sites is 1. The molecule has 0 aliphatic carbocycles. The van der Waals surface area contributed by atoms with Crippen LogP contribution in [0.3, 0.4) is 0 Å². The van der Waals surface area contributed by atoms with E-state index in [0.717, 1.165) is 0 Å². The van der Waals surface area contributed by atoms with Gasteiger partial charge in [0.05, 0.1) is 15.8 Å². The van der Waals surface area contributed by atoms with Crippen molar-refractivity contribution in [1.29, 1.82) is 0 Å². The summed E-state index contributed by atoms with van der Waals surface area (Å²) < 4.78 is 25.3. The Hall–Kier alpha value is -1.56. The van der Waals surface area contributed by atoms with Crippen molar-refractivity contribution in [2.24, 2.45) is 0 Å². The predicted octanol–water partition coefficient (Wildman–Crippen LogP) is 4.35. The summed E-state index contributed by atoms with van der Waals surface area (Å²) in [5, 5.41) is -0.525. The second kappa shape index (κ2) is 8.21. The summed E-state index contributed by atoms with van der Waals surface area (Å²) in [5.74, 6) is -0.725. The molecule has 0 saturated carbocycles. The maximum Gasteiger partial charge on any atom is 0.245 e. The lowest BCUT2D eigenvalue weighted by molar-refractivity contribution is -0.117. The Morgan fingerprint density at radius 1 is 1.08 bits per heavy atom. The molecule has 134 valence electrons. The fourth-order valence-corrected chi connectivity index (χ4v) is 4.08. The lowest BCUT2D eigenvalue weighted by Crippen LogP contribution is -2.42. The molecule has 0 aromatic heterocycles. The predicted molar refractivity (Wildman–Crippen MR) is 103 cm³/mol. The molecule has 2 rings (SSSR count). The van der Waals surface area contributed by atoms with Crippen molar-refractivity contribution in [3.8, 4) is 0 Å². The van der Waals surface area contributed by atoms with Gasteiger partial charge >= 0.3 is 0 Å².